The number of rotatable bonds is 7. The highest BCUT2D eigenvalue weighted by atomic mass is 19.1. The van der Waals surface area contributed by atoms with Gasteiger partial charge in [-0.25, -0.2) is 4.39 Å². The minimum absolute atomic E-state index is 0.353. The number of alkyl halides is 1. The van der Waals surface area contributed by atoms with E-state index in [4.69, 9.17) is 9.47 Å². The molecule has 31 heavy (non-hydrogen) atoms. The number of methoxy groups -OCH3 is 1. The lowest BCUT2D eigenvalue weighted by Gasteiger charge is -2.33. The maximum absolute atomic E-state index is 13.3. The van der Waals surface area contributed by atoms with Crippen molar-refractivity contribution in [2.45, 2.75) is 44.8 Å². The second-order valence-electron chi connectivity index (χ2n) is 9.06. The van der Waals surface area contributed by atoms with Crippen molar-refractivity contribution in [1.29, 1.82) is 0 Å². The standard InChI is InChI=1S/C26H35FN2O2/c1-19-15-24-21(16-26(19)31-14-4-11-29-12-9-22(27)10-13-29)17-28(2)18-25(24)20-5-7-23(30-3)8-6-20/h5-8,15-16,22,25H,4,9-14,17-18H2,1-3H3. The molecule has 1 atom stereocenters. The van der Waals surface area contributed by atoms with E-state index in [0.29, 0.717) is 25.4 Å². The average molecular weight is 427 g/mol. The number of aryl methyl sites for hydroxylation is 1. The van der Waals surface area contributed by atoms with Gasteiger partial charge in [-0.2, -0.15) is 0 Å². The van der Waals surface area contributed by atoms with Crippen LogP contribution in [-0.2, 0) is 6.54 Å². The number of halogens is 1. The van der Waals surface area contributed by atoms with E-state index in [0.717, 1.165) is 50.6 Å². The number of nitrogens with zero attached hydrogens (tertiary/aromatic N) is 2. The summed E-state index contributed by atoms with van der Waals surface area (Å²) >= 11 is 0. The lowest BCUT2D eigenvalue weighted by Crippen LogP contribution is -2.35. The number of likely N-dealkylation sites (tertiary alicyclic amines) is 1. The summed E-state index contributed by atoms with van der Waals surface area (Å²) < 4.78 is 24.8. The molecule has 0 aromatic heterocycles. The van der Waals surface area contributed by atoms with Crippen LogP contribution in [0.5, 0.6) is 11.5 Å². The average Bonchev–Trinajstić information content (AvgIpc) is 2.78. The Morgan fingerprint density at radius 1 is 1.10 bits per heavy atom. The van der Waals surface area contributed by atoms with E-state index in [1.54, 1.807) is 7.11 Å². The number of benzene rings is 2. The van der Waals surface area contributed by atoms with Crippen molar-refractivity contribution in [2.75, 3.05) is 46.9 Å². The molecule has 2 aromatic carbocycles. The second kappa shape index (κ2) is 10.0. The third-order valence-electron chi connectivity index (χ3n) is 6.66. The first-order chi connectivity index (χ1) is 15.0. The first-order valence-corrected chi connectivity index (χ1v) is 11.5. The van der Waals surface area contributed by atoms with E-state index < -0.39 is 6.17 Å². The summed E-state index contributed by atoms with van der Waals surface area (Å²) in [6.07, 6.45) is 1.72. The molecule has 1 unspecified atom stereocenters. The summed E-state index contributed by atoms with van der Waals surface area (Å²) in [4.78, 5) is 4.73. The van der Waals surface area contributed by atoms with Crippen molar-refractivity contribution in [3.05, 3.63) is 58.7 Å². The Hall–Kier alpha value is -2.11. The number of hydrogen-bond acceptors (Lipinski definition) is 4. The highest BCUT2D eigenvalue weighted by Crippen LogP contribution is 2.37. The van der Waals surface area contributed by atoms with E-state index in [1.165, 1.54) is 22.3 Å². The third-order valence-corrected chi connectivity index (χ3v) is 6.66. The van der Waals surface area contributed by atoms with Gasteiger partial charge < -0.3 is 19.3 Å². The Bertz CT molecular complexity index is 862. The van der Waals surface area contributed by atoms with Crippen LogP contribution in [0.2, 0.25) is 0 Å². The van der Waals surface area contributed by atoms with Gasteiger partial charge in [-0.15, -0.1) is 0 Å². The molecular formula is C26H35FN2O2. The summed E-state index contributed by atoms with van der Waals surface area (Å²) in [6, 6.07) is 13.0. The molecule has 1 fully saturated rings. The lowest BCUT2D eigenvalue weighted by atomic mass is 9.83. The summed E-state index contributed by atoms with van der Waals surface area (Å²) in [5, 5.41) is 0. The van der Waals surface area contributed by atoms with Crippen LogP contribution in [0.1, 0.15) is 47.4 Å². The smallest absolute Gasteiger partial charge is 0.122 e. The monoisotopic (exact) mass is 426 g/mol. The van der Waals surface area contributed by atoms with Crippen molar-refractivity contribution in [3.63, 3.8) is 0 Å². The lowest BCUT2D eigenvalue weighted by molar-refractivity contribution is 0.143. The SMILES string of the molecule is COc1ccc(C2CN(C)Cc3cc(OCCCN4CCC(F)CC4)c(C)cc32)cc1. The molecule has 0 saturated carbocycles. The summed E-state index contributed by atoms with van der Waals surface area (Å²) in [6.45, 7) is 7.53. The van der Waals surface area contributed by atoms with Crippen LogP contribution >= 0.6 is 0 Å². The van der Waals surface area contributed by atoms with Crippen LogP contribution in [0.25, 0.3) is 0 Å². The van der Waals surface area contributed by atoms with E-state index in [1.807, 2.05) is 12.1 Å². The fraction of sp³-hybridized carbons (Fsp3) is 0.538. The molecule has 2 aromatic rings. The largest absolute Gasteiger partial charge is 0.497 e. The number of likely N-dealkylation sites (N-methyl/N-ethyl adjacent to an activating group) is 1. The van der Waals surface area contributed by atoms with Gasteiger partial charge >= 0.3 is 0 Å². The zero-order valence-electron chi connectivity index (χ0n) is 19.1. The molecule has 2 aliphatic rings. The maximum Gasteiger partial charge on any atom is 0.122 e. The van der Waals surface area contributed by atoms with Crippen LogP contribution in [0, 0.1) is 6.92 Å². The second-order valence-corrected chi connectivity index (χ2v) is 9.06. The highest BCUT2D eigenvalue weighted by Gasteiger charge is 2.26. The number of hydrogen-bond donors (Lipinski definition) is 0. The Morgan fingerprint density at radius 3 is 2.55 bits per heavy atom. The predicted octanol–water partition coefficient (Wildman–Crippen LogP) is 4.78. The molecule has 2 heterocycles. The van der Waals surface area contributed by atoms with Gasteiger partial charge in [0.2, 0.25) is 0 Å². The van der Waals surface area contributed by atoms with Crippen molar-refractivity contribution in [2.24, 2.45) is 0 Å². The summed E-state index contributed by atoms with van der Waals surface area (Å²) in [7, 11) is 3.88. The van der Waals surface area contributed by atoms with Gasteiger partial charge in [0, 0.05) is 38.6 Å². The van der Waals surface area contributed by atoms with Crippen molar-refractivity contribution < 1.29 is 13.9 Å². The zero-order valence-corrected chi connectivity index (χ0v) is 19.1. The van der Waals surface area contributed by atoms with Crippen LogP contribution in [0.15, 0.2) is 36.4 Å². The predicted molar refractivity (Wildman–Crippen MR) is 123 cm³/mol. The van der Waals surface area contributed by atoms with E-state index in [9.17, 15) is 4.39 Å². The maximum atomic E-state index is 13.3. The molecule has 0 bridgehead atoms. The molecule has 4 nitrogen and oxygen atoms in total. The first kappa shape index (κ1) is 22.1. The Labute approximate surface area is 185 Å². The molecule has 168 valence electrons. The van der Waals surface area contributed by atoms with Crippen molar-refractivity contribution in [1.82, 2.24) is 9.80 Å². The normalized spacial score (nSPS) is 20.5. The molecule has 0 aliphatic carbocycles. The minimum Gasteiger partial charge on any atom is -0.497 e. The van der Waals surface area contributed by atoms with Crippen molar-refractivity contribution >= 4 is 0 Å². The van der Waals surface area contributed by atoms with Gasteiger partial charge in [-0.3, -0.25) is 0 Å². The highest BCUT2D eigenvalue weighted by molar-refractivity contribution is 5.48. The van der Waals surface area contributed by atoms with Gasteiger partial charge in [0.15, 0.2) is 0 Å². The molecule has 0 spiro atoms. The van der Waals surface area contributed by atoms with Gasteiger partial charge in [0.25, 0.3) is 0 Å². The minimum atomic E-state index is -0.606. The molecule has 5 heteroatoms. The van der Waals surface area contributed by atoms with Crippen LogP contribution < -0.4 is 9.47 Å². The quantitative estimate of drug-likeness (QED) is 0.595. The van der Waals surface area contributed by atoms with Gasteiger partial charge in [0.05, 0.1) is 13.7 Å². The van der Waals surface area contributed by atoms with Gasteiger partial charge in [-0.05, 0) is 73.7 Å². The Morgan fingerprint density at radius 2 is 1.84 bits per heavy atom. The molecule has 2 aliphatic heterocycles. The molecule has 0 radical (unpaired) electrons. The number of ether oxygens (including phenoxy) is 2. The Kier molecular flexibility index (Phi) is 7.13. The van der Waals surface area contributed by atoms with Crippen LogP contribution in [0.3, 0.4) is 0 Å². The van der Waals surface area contributed by atoms with Crippen LogP contribution in [-0.4, -0.2) is 62.9 Å². The zero-order chi connectivity index (χ0) is 21.8. The Balaban J connectivity index is 1.41. The molecule has 0 amide bonds. The summed E-state index contributed by atoms with van der Waals surface area (Å²) in [5.74, 6) is 2.23. The van der Waals surface area contributed by atoms with E-state index >= 15 is 0 Å². The van der Waals surface area contributed by atoms with Gasteiger partial charge in [0.1, 0.15) is 17.7 Å². The van der Waals surface area contributed by atoms with E-state index in [2.05, 4.69) is 48.0 Å². The van der Waals surface area contributed by atoms with Gasteiger partial charge in [-0.1, -0.05) is 18.2 Å². The van der Waals surface area contributed by atoms with E-state index in [-0.39, 0.29) is 0 Å². The van der Waals surface area contributed by atoms with Crippen molar-refractivity contribution in [3.8, 4) is 11.5 Å². The summed E-state index contributed by atoms with van der Waals surface area (Å²) in [5.41, 5.74) is 5.26. The fourth-order valence-electron chi connectivity index (χ4n) is 4.85. The molecule has 1 saturated heterocycles. The fourth-order valence-corrected chi connectivity index (χ4v) is 4.85. The number of fused-ring (bicyclic) bond motifs is 1. The topological polar surface area (TPSA) is 24.9 Å². The number of piperidine rings is 1. The molecular weight excluding hydrogens is 391 g/mol. The molecule has 0 N–H and O–H groups in total. The first-order valence-electron chi connectivity index (χ1n) is 11.5. The third kappa shape index (κ3) is 5.39. The van der Waals surface area contributed by atoms with Crippen LogP contribution in [0.4, 0.5) is 4.39 Å². The molecule has 4 rings (SSSR count).